The Labute approximate surface area is 217 Å². The van der Waals surface area contributed by atoms with E-state index in [1.54, 1.807) is 11.3 Å². The van der Waals surface area contributed by atoms with Gasteiger partial charge in [-0.3, -0.25) is 0 Å². The summed E-state index contributed by atoms with van der Waals surface area (Å²) >= 11 is 1.55. The first-order chi connectivity index (χ1) is 17.5. The van der Waals surface area contributed by atoms with Gasteiger partial charge in [-0.15, -0.1) is 11.3 Å². The van der Waals surface area contributed by atoms with Gasteiger partial charge in [0.25, 0.3) is 0 Å². The summed E-state index contributed by atoms with van der Waals surface area (Å²) in [6.45, 7) is 4.17. The molecule has 4 aliphatic rings. The molecule has 4 aliphatic carbocycles. The van der Waals surface area contributed by atoms with Crippen molar-refractivity contribution in [3.05, 3.63) is 59.0 Å². The van der Waals surface area contributed by atoms with Crippen LogP contribution in [-0.4, -0.2) is 17.0 Å². The number of nitrogens with zero attached hydrogens (tertiary/aromatic N) is 2. The summed E-state index contributed by atoms with van der Waals surface area (Å²) in [6, 6.07) is 14.7. The third-order valence-electron chi connectivity index (χ3n) is 9.46. The molecule has 36 heavy (non-hydrogen) atoms. The van der Waals surface area contributed by atoms with E-state index in [4.69, 9.17) is 20.4 Å². The van der Waals surface area contributed by atoms with Crippen LogP contribution >= 0.6 is 11.3 Å². The molecule has 4 saturated carbocycles. The maximum absolute atomic E-state index is 6.42. The highest BCUT2D eigenvalue weighted by atomic mass is 32.1. The number of fused-ring (bicyclic) bond motifs is 9. The third kappa shape index (κ3) is 3.73. The smallest absolute Gasteiger partial charge is 0.195 e. The monoisotopic (exact) mass is 498 g/mol. The van der Waals surface area contributed by atoms with Crippen molar-refractivity contribution in [3.63, 3.8) is 0 Å². The van der Waals surface area contributed by atoms with Gasteiger partial charge in [0.05, 0.1) is 11.7 Å². The maximum Gasteiger partial charge on any atom is 0.195 e. The van der Waals surface area contributed by atoms with Crippen molar-refractivity contribution in [2.45, 2.75) is 52.0 Å². The molecule has 0 radical (unpaired) electrons. The highest BCUT2D eigenvalue weighted by molar-refractivity contribution is 7.14. The van der Waals surface area contributed by atoms with Crippen LogP contribution in [0.15, 0.2) is 52.8 Å². The number of aromatic nitrogens is 1. The first-order valence-corrected chi connectivity index (χ1v) is 14.3. The minimum Gasteiger partial charge on any atom is -0.456 e. The van der Waals surface area contributed by atoms with Crippen molar-refractivity contribution in [2.75, 3.05) is 5.32 Å². The van der Waals surface area contributed by atoms with Crippen molar-refractivity contribution in [1.29, 1.82) is 0 Å². The van der Waals surface area contributed by atoms with E-state index >= 15 is 0 Å². The Morgan fingerprint density at radius 2 is 1.83 bits per heavy atom. The molecule has 4 fully saturated rings. The number of aliphatic imine (C=N–C) groups is 1. The number of guanidine groups is 1. The van der Waals surface area contributed by atoms with E-state index in [0.29, 0.717) is 12.0 Å². The van der Waals surface area contributed by atoms with Crippen LogP contribution in [0.1, 0.15) is 43.2 Å². The van der Waals surface area contributed by atoms with Gasteiger partial charge < -0.3 is 15.8 Å². The average Bonchev–Trinajstić information content (AvgIpc) is 3.67. The van der Waals surface area contributed by atoms with Gasteiger partial charge in [-0.2, -0.15) is 0 Å². The van der Waals surface area contributed by atoms with Crippen LogP contribution < -0.4 is 15.8 Å². The Morgan fingerprint density at radius 1 is 1.00 bits per heavy atom. The Kier molecular flexibility index (Phi) is 5.35. The number of hydrogen-bond acceptors (Lipinski definition) is 4. The topological polar surface area (TPSA) is 72.5 Å². The SMILES string of the molecule is Cc1ccc(Oc2ccccc2-c2csc(NC(N)=NC3CC4CC3C3C5CCC(C5)C43)n2)c(C)c1. The lowest BCUT2D eigenvalue weighted by atomic mass is 9.69. The Bertz CT molecular complexity index is 1330. The van der Waals surface area contributed by atoms with Crippen LogP contribution in [0.25, 0.3) is 11.3 Å². The van der Waals surface area contributed by atoms with E-state index in [1.165, 1.54) is 37.7 Å². The van der Waals surface area contributed by atoms with Gasteiger partial charge in [0.2, 0.25) is 0 Å². The van der Waals surface area contributed by atoms with E-state index in [1.807, 2.05) is 24.3 Å². The molecule has 0 spiro atoms. The molecule has 2 aromatic carbocycles. The van der Waals surface area contributed by atoms with Crippen molar-refractivity contribution in [3.8, 4) is 22.8 Å². The third-order valence-corrected chi connectivity index (χ3v) is 10.2. The number of para-hydroxylation sites is 1. The van der Waals surface area contributed by atoms with Crippen molar-refractivity contribution >= 4 is 22.4 Å². The van der Waals surface area contributed by atoms with Gasteiger partial charge in [-0.1, -0.05) is 29.8 Å². The van der Waals surface area contributed by atoms with Crippen LogP contribution in [0, 0.1) is 49.4 Å². The number of hydrogen-bond donors (Lipinski definition) is 2. The zero-order valence-corrected chi connectivity index (χ0v) is 21.8. The number of benzene rings is 2. The summed E-state index contributed by atoms with van der Waals surface area (Å²) in [5, 5.41) is 6.12. The second-order valence-electron chi connectivity index (χ2n) is 11.5. The second kappa shape index (κ2) is 8.62. The molecule has 0 saturated heterocycles. The lowest BCUT2D eigenvalue weighted by molar-refractivity contribution is 0.133. The quantitative estimate of drug-likeness (QED) is 0.225. The van der Waals surface area contributed by atoms with Crippen LogP contribution in [0.4, 0.5) is 5.13 Å². The molecule has 1 heterocycles. The highest BCUT2D eigenvalue weighted by Gasteiger charge is 2.62. The van der Waals surface area contributed by atoms with Crippen molar-refractivity contribution in [2.24, 2.45) is 46.2 Å². The molecule has 0 aliphatic heterocycles. The molecule has 6 heteroatoms. The zero-order valence-electron chi connectivity index (χ0n) is 21.0. The number of thiazole rings is 1. The lowest BCUT2D eigenvalue weighted by Crippen LogP contribution is -2.36. The number of anilines is 1. The van der Waals surface area contributed by atoms with Gasteiger partial charge in [0.15, 0.2) is 11.1 Å². The average molecular weight is 499 g/mol. The molecule has 7 unspecified atom stereocenters. The standard InChI is InChI=1S/C30H34N4OS/c1-16-7-10-25(17(2)11-16)35-26-6-4-3-5-21(26)24-15-36-30(33-24)34-29(31)32-23-14-20-13-22(23)28-19-9-8-18(12-19)27(20)28/h3-7,10-11,15,18-20,22-23,27-28H,8-9,12-14H2,1-2H3,(H3,31,32,33,34). The lowest BCUT2D eigenvalue weighted by Gasteiger charge is -2.37. The number of ether oxygens (including phenoxy) is 1. The predicted molar refractivity (Wildman–Crippen MR) is 147 cm³/mol. The number of nitrogens with one attached hydrogen (secondary N) is 1. The number of nitrogens with two attached hydrogens (primary N) is 1. The predicted octanol–water partition coefficient (Wildman–Crippen LogP) is 7.02. The number of aryl methyl sites for hydroxylation is 2. The Balaban J connectivity index is 1.06. The minimum atomic E-state index is 0.384. The van der Waals surface area contributed by atoms with Gasteiger partial charge in [0.1, 0.15) is 11.5 Å². The summed E-state index contributed by atoms with van der Waals surface area (Å²) in [5.74, 6) is 7.71. The van der Waals surface area contributed by atoms with Gasteiger partial charge >= 0.3 is 0 Å². The van der Waals surface area contributed by atoms with Crippen LogP contribution in [0.2, 0.25) is 0 Å². The molecule has 3 aromatic rings. The van der Waals surface area contributed by atoms with E-state index in [-0.39, 0.29) is 0 Å². The van der Waals surface area contributed by atoms with E-state index in [9.17, 15) is 0 Å². The fourth-order valence-corrected chi connectivity index (χ4v) is 8.97. The van der Waals surface area contributed by atoms with Gasteiger partial charge in [0, 0.05) is 10.9 Å². The summed E-state index contributed by atoms with van der Waals surface area (Å²) in [4.78, 5) is 9.83. The van der Waals surface area contributed by atoms with Crippen LogP contribution in [0.5, 0.6) is 11.5 Å². The summed E-state index contributed by atoms with van der Waals surface area (Å²) in [5.41, 5.74) is 10.6. The van der Waals surface area contributed by atoms with E-state index < -0.39 is 0 Å². The Morgan fingerprint density at radius 3 is 2.69 bits per heavy atom. The fourth-order valence-electron chi connectivity index (χ4n) is 8.25. The molecule has 7 atom stereocenters. The normalized spacial score (nSPS) is 32.2. The molecule has 0 amide bonds. The molecule has 186 valence electrons. The number of rotatable bonds is 5. The van der Waals surface area contributed by atoms with E-state index in [0.717, 1.165) is 69.0 Å². The molecular formula is C30H34N4OS. The minimum absolute atomic E-state index is 0.384. The molecular weight excluding hydrogens is 464 g/mol. The molecule has 1 aromatic heterocycles. The van der Waals surface area contributed by atoms with Crippen molar-refractivity contribution in [1.82, 2.24) is 4.98 Å². The highest BCUT2D eigenvalue weighted by Crippen LogP contribution is 2.67. The van der Waals surface area contributed by atoms with Crippen LogP contribution in [-0.2, 0) is 0 Å². The van der Waals surface area contributed by atoms with Gasteiger partial charge in [-0.25, -0.2) is 9.98 Å². The summed E-state index contributed by atoms with van der Waals surface area (Å²) in [6.07, 6.45) is 7.03. The molecule has 7 rings (SSSR count). The second-order valence-corrected chi connectivity index (χ2v) is 12.4. The Hall–Kier alpha value is -2.86. The summed E-state index contributed by atoms with van der Waals surface area (Å²) < 4.78 is 6.31. The van der Waals surface area contributed by atoms with Crippen molar-refractivity contribution < 1.29 is 4.74 Å². The first-order valence-electron chi connectivity index (χ1n) is 13.4. The molecule has 5 nitrogen and oxygen atoms in total. The fraction of sp³-hybridized carbons (Fsp3) is 0.467. The van der Waals surface area contributed by atoms with Gasteiger partial charge in [-0.05, 0) is 105 Å². The molecule has 4 bridgehead atoms. The van der Waals surface area contributed by atoms with Crippen LogP contribution in [0.3, 0.4) is 0 Å². The zero-order chi connectivity index (χ0) is 24.4. The largest absolute Gasteiger partial charge is 0.456 e. The summed E-state index contributed by atoms with van der Waals surface area (Å²) in [7, 11) is 0. The maximum atomic E-state index is 6.42. The first kappa shape index (κ1) is 22.3. The van der Waals surface area contributed by atoms with E-state index in [2.05, 4.69) is 42.7 Å². The molecule has 3 N–H and O–H groups in total.